The van der Waals surface area contributed by atoms with Gasteiger partial charge in [0.15, 0.2) is 5.16 Å². The number of benzene rings is 2. The summed E-state index contributed by atoms with van der Waals surface area (Å²) in [5, 5.41) is 12.4. The second-order valence-electron chi connectivity index (χ2n) is 10.2. The maximum Gasteiger partial charge on any atom is 0.234 e. The normalized spacial score (nSPS) is 11.4. The Kier molecular flexibility index (Phi) is 10.8. The van der Waals surface area contributed by atoms with Crippen molar-refractivity contribution in [2.24, 2.45) is 0 Å². The number of aryl methyl sites for hydroxylation is 2. The molecule has 2 aromatic carbocycles. The molecule has 1 aromatic heterocycles. The minimum atomic E-state index is -0.0631. The van der Waals surface area contributed by atoms with Gasteiger partial charge in [-0.25, -0.2) is 0 Å². The van der Waals surface area contributed by atoms with Crippen LogP contribution in [0.1, 0.15) is 63.9 Å². The molecule has 1 amide bonds. The number of nitrogens with zero attached hydrogens (tertiary/aromatic N) is 3. The molecule has 0 atom stereocenters. The third kappa shape index (κ3) is 9.08. The third-order valence-corrected chi connectivity index (χ3v) is 6.99. The van der Waals surface area contributed by atoms with E-state index in [0.717, 1.165) is 41.7 Å². The van der Waals surface area contributed by atoms with E-state index in [1.54, 1.807) is 0 Å². The number of allylic oxidation sites excluding steroid dienone is 1. The summed E-state index contributed by atoms with van der Waals surface area (Å²) >= 11 is 1.39. The number of aromatic nitrogens is 3. The van der Waals surface area contributed by atoms with Crippen LogP contribution >= 0.6 is 11.8 Å². The quantitative estimate of drug-likeness (QED) is 0.143. The highest BCUT2D eigenvalue weighted by molar-refractivity contribution is 7.99. The van der Waals surface area contributed by atoms with Gasteiger partial charge < -0.3 is 14.6 Å². The van der Waals surface area contributed by atoms with Crippen molar-refractivity contribution in [2.75, 3.05) is 17.7 Å². The molecular weight excluding hydrogens is 480 g/mol. The van der Waals surface area contributed by atoms with Crippen molar-refractivity contribution < 1.29 is 9.53 Å². The van der Waals surface area contributed by atoms with Gasteiger partial charge in [0.25, 0.3) is 0 Å². The standard InChI is InChI=1S/C30H40N4O2S/c1-6-8-10-23-12-16-25(17-13-23)31-28(35)22-37-29-33-32-27(34(29)20-7-2)11-9-21-36-26-18-14-24(15-19-26)30(3,4)5/h7,12-19H,2,6,8-11,20-22H2,1,3-5H3,(H,31,35). The van der Waals surface area contributed by atoms with Crippen molar-refractivity contribution in [3.05, 3.63) is 78.1 Å². The van der Waals surface area contributed by atoms with Crippen LogP contribution in [0.4, 0.5) is 5.69 Å². The van der Waals surface area contributed by atoms with Crippen LogP contribution in [-0.4, -0.2) is 33.0 Å². The van der Waals surface area contributed by atoms with E-state index in [1.165, 1.54) is 35.7 Å². The van der Waals surface area contributed by atoms with E-state index in [0.29, 0.717) is 13.2 Å². The number of hydrogen-bond donors (Lipinski definition) is 1. The first-order valence-electron chi connectivity index (χ1n) is 13.1. The molecular formula is C30H40N4O2S. The molecule has 0 aliphatic carbocycles. The van der Waals surface area contributed by atoms with Gasteiger partial charge in [-0.1, -0.05) is 76.2 Å². The summed E-state index contributed by atoms with van der Waals surface area (Å²) in [4.78, 5) is 12.5. The number of amides is 1. The highest BCUT2D eigenvalue weighted by Gasteiger charge is 2.15. The van der Waals surface area contributed by atoms with Gasteiger partial charge >= 0.3 is 0 Å². The Bertz CT molecular complexity index is 1130. The van der Waals surface area contributed by atoms with Gasteiger partial charge in [0, 0.05) is 18.7 Å². The summed E-state index contributed by atoms with van der Waals surface area (Å²) in [6, 6.07) is 16.4. The number of hydrogen-bond acceptors (Lipinski definition) is 5. The summed E-state index contributed by atoms with van der Waals surface area (Å²) in [5.74, 6) is 1.95. The van der Waals surface area contributed by atoms with Crippen molar-refractivity contribution in [2.45, 2.75) is 76.9 Å². The molecule has 0 aliphatic rings. The summed E-state index contributed by atoms with van der Waals surface area (Å²) in [6.07, 6.45) is 6.79. The van der Waals surface area contributed by atoms with E-state index in [2.05, 4.69) is 74.1 Å². The maximum absolute atomic E-state index is 12.5. The zero-order chi connectivity index (χ0) is 26.7. The van der Waals surface area contributed by atoms with Crippen molar-refractivity contribution in [3.63, 3.8) is 0 Å². The Labute approximate surface area is 225 Å². The first-order chi connectivity index (χ1) is 17.8. The first kappa shape index (κ1) is 28.5. The molecule has 0 saturated heterocycles. The van der Waals surface area contributed by atoms with Crippen LogP contribution in [-0.2, 0) is 29.6 Å². The smallest absolute Gasteiger partial charge is 0.234 e. The van der Waals surface area contributed by atoms with Crippen molar-refractivity contribution in [1.29, 1.82) is 0 Å². The first-order valence-corrected chi connectivity index (χ1v) is 14.1. The number of thioether (sulfide) groups is 1. The van der Waals surface area contributed by atoms with Crippen LogP contribution < -0.4 is 10.1 Å². The van der Waals surface area contributed by atoms with E-state index < -0.39 is 0 Å². The van der Waals surface area contributed by atoms with Crippen molar-refractivity contribution in [1.82, 2.24) is 14.8 Å². The molecule has 1 heterocycles. The van der Waals surface area contributed by atoms with Crippen LogP contribution in [0.15, 0.2) is 66.3 Å². The van der Waals surface area contributed by atoms with Gasteiger partial charge in [0.2, 0.25) is 5.91 Å². The summed E-state index contributed by atoms with van der Waals surface area (Å²) in [5.41, 5.74) is 3.52. The van der Waals surface area contributed by atoms with Gasteiger partial charge in [-0.2, -0.15) is 0 Å². The van der Waals surface area contributed by atoms with Crippen LogP contribution in [0.5, 0.6) is 5.75 Å². The SMILES string of the molecule is C=CCn1c(CCCOc2ccc(C(C)(C)C)cc2)nnc1SCC(=O)Nc1ccc(CCCC)cc1. The van der Waals surface area contributed by atoms with Crippen LogP contribution in [0.25, 0.3) is 0 Å². The fraction of sp³-hybridized carbons (Fsp3) is 0.433. The second kappa shape index (κ2) is 14.0. The highest BCUT2D eigenvalue weighted by atomic mass is 32.2. The number of carbonyl (C=O) groups is 1. The topological polar surface area (TPSA) is 69.0 Å². The molecule has 1 N–H and O–H groups in total. The molecule has 0 bridgehead atoms. The average molecular weight is 521 g/mol. The number of anilines is 1. The predicted molar refractivity (Wildman–Crippen MR) is 154 cm³/mol. The highest BCUT2D eigenvalue weighted by Crippen LogP contribution is 2.24. The lowest BCUT2D eigenvalue weighted by molar-refractivity contribution is -0.113. The molecule has 3 rings (SSSR count). The molecule has 0 saturated carbocycles. The Morgan fingerprint density at radius 3 is 2.43 bits per heavy atom. The van der Waals surface area contributed by atoms with Gasteiger partial charge in [0.1, 0.15) is 11.6 Å². The van der Waals surface area contributed by atoms with Gasteiger partial charge in [-0.3, -0.25) is 4.79 Å². The van der Waals surface area contributed by atoms with Crippen molar-refractivity contribution in [3.8, 4) is 5.75 Å². The Morgan fingerprint density at radius 2 is 1.78 bits per heavy atom. The van der Waals surface area contributed by atoms with Gasteiger partial charge in [-0.05, 0) is 60.1 Å². The van der Waals surface area contributed by atoms with E-state index in [1.807, 2.05) is 34.9 Å². The van der Waals surface area contributed by atoms with E-state index in [9.17, 15) is 4.79 Å². The minimum absolute atomic E-state index is 0.0631. The largest absolute Gasteiger partial charge is 0.494 e. The number of nitrogens with one attached hydrogen (secondary N) is 1. The fourth-order valence-corrected chi connectivity index (χ4v) is 4.62. The van der Waals surface area contributed by atoms with Crippen molar-refractivity contribution >= 4 is 23.4 Å². The number of carbonyl (C=O) groups excluding carboxylic acids is 1. The summed E-state index contributed by atoms with van der Waals surface area (Å²) < 4.78 is 7.95. The molecule has 0 radical (unpaired) electrons. The Balaban J connectivity index is 1.47. The Morgan fingerprint density at radius 1 is 1.05 bits per heavy atom. The molecule has 7 heteroatoms. The molecule has 6 nitrogen and oxygen atoms in total. The lowest BCUT2D eigenvalue weighted by Crippen LogP contribution is -2.15. The molecule has 198 valence electrons. The van der Waals surface area contributed by atoms with E-state index >= 15 is 0 Å². The van der Waals surface area contributed by atoms with Crippen LogP contribution in [0.2, 0.25) is 0 Å². The molecule has 0 aliphatic heterocycles. The van der Waals surface area contributed by atoms with E-state index in [-0.39, 0.29) is 17.1 Å². The summed E-state index contributed by atoms with van der Waals surface area (Å²) in [6.45, 7) is 13.9. The molecule has 37 heavy (non-hydrogen) atoms. The average Bonchev–Trinajstić information content (AvgIpc) is 3.26. The minimum Gasteiger partial charge on any atom is -0.494 e. The molecule has 0 unspecified atom stereocenters. The van der Waals surface area contributed by atoms with Gasteiger partial charge in [-0.15, -0.1) is 16.8 Å². The lowest BCUT2D eigenvalue weighted by Gasteiger charge is -2.19. The third-order valence-electron chi connectivity index (χ3n) is 6.03. The van der Waals surface area contributed by atoms with E-state index in [4.69, 9.17) is 4.74 Å². The Hall–Kier alpha value is -3.06. The maximum atomic E-state index is 12.5. The zero-order valence-electron chi connectivity index (χ0n) is 22.6. The number of rotatable bonds is 14. The zero-order valence-corrected chi connectivity index (χ0v) is 23.4. The lowest BCUT2D eigenvalue weighted by atomic mass is 9.87. The summed E-state index contributed by atoms with van der Waals surface area (Å²) in [7, 11) is 0. The second-order valence-corrected chi connectivity index (χ2v) is 11.1. The number of ether oxygens (including phenoxy) is 1. The number of unbranched alkanes of at least 4 members (excludes halogenated alkanes) is 1. The molecule has 0 fully saturated rings. The van der Waals surface area contributed by atoms with Gasteiger partial charge in [0.05, 0.1) is 12.4 Å². The molecule has 3 aromatic rings. The molecule has 0 spiro atoms. The van der Waals surface area contributed by atoms with Crippen LogP contribution in [0, 0.1) is 0 Å². The van der Waals surface area contributed by atoms with Crippen LogP contribution in [0.3, 0.4) is 0 Å². The predicted octanol–water partition coefficient (Wildman–Crippen LogP) is 6.85. The monoisotopic (exact) mass is 520 g/mol. The fourth-order valence-electron chi connectivity index (χ4n) is 3.86.